The number of nitrogens with one attached hydrogen (secondary N) is 1. The zero-order chi connectivity index (χ0) is 14.0. The van der Waals surface area contributed by atoms with Gasteiger partial charge in [0, 0.05) is 37.0 Å². The van der Waals surface area contributed by atoms with Gasteiger partial charge in [0.15, 0.2) is 0 Å². The van der Waals surface area contributed by atoms with Gasteiger partial charge >= 0.3 is 0 Å². The molecule has 102 valence electrons. The summed E-state index contributed by atoms with van der Waals surface area (Å²) in [6, 6.07) is 3.43. The third-order valence-electron chi connectivity index (χ3n) is 3.32. The lowest BCUT2D eigenvalue weighted by Gasteiger charge is -2.14. The van der Waals surface area contributed by atoms with Crippen molar-refractivity contribution >= 4 is 0 Å². The number of nitrogens with zero attached hydrogens (tertiary/aromatic N) is 2. The van der Waals surface area contributed by atoms with Crippen LogP contribution in [0.4, 0.5) is 8.78 Å². The molecule has 1 atom stereocenters. The normalized spacial score (nSPS) is 12.7. The molecule has 3 nitrogen and oxygen atoms in total. The van der Waals surface area contributed by atoms with E-state index in [2.05, 4.69) is 10.4 Å². The van der Waals surface area contributed by atoms with Gasteiger partial charge in [-0.25, -0.2) is 8.78 Å². The molecule has 0 amide bonds. The number of hydrogen-bond donors (Lipinski definition) is 1. The van der Waals surface area contributed by atoms with Crippen LogP contribution in [0.25, 0.3) is 0 Å². The van der Waals surface area contributed by atoms with Gasteiger partial charge in [0.1, 0.15) is 11.6 Å². The van der Waals surface area contributed by atoms with Crippen LogP contribution < -0.4 is 5.32 Å². The summed E-state index contributed by atoms with van der Waals surface area (Å²) in [7, 11) is 1.88. The maximum atomic E-state index is 13.1. The van der Waals surface area contributed by atoms with Gasteiger partial charge in [-0.3, -0.25) is 4.68 Å². The first-order valence-corrected chi connectivity index (χ1v) is 6.14. The van der Waals surface area contributed by atoms with E-state index < -0.39 is 11.6 Å². The molecule has 0 unspecified atom stereocenters. The highest BCUT2D eigenvalue weighted by atomic mass is 19.1. The zero-order valence-corrected chi connectivity index (χ0v) is 11.2. The summed E-state index contributed by atoms with van der Waals surface area (Å²) < 4.78 is 28.1. The van der Waals surface area contributed by atoms with Crippen molar-refractivity contribution in [3.63, 3.8) is 0 Å². The molecule has 0 radical (unpaired) electrons. The van der Waals surface area contributed by atoms with E-state index in [1.807, 2.05) is 20.9 Å². The Hall–Kier alpha value is -1.75. The van der Waals surface area contributed by atoms with Gasteiger partial charge in [-0.05, 0) is 31.5 Å². The fourth-order valence-corrected chi connectivity index (χ4v) is 1.92. The minimum Gasteiger partial charge on any atom is -0.306 e. The van der Waals surface area contributed by atoms with E-state index in [4.69, 9.17) is 0 Å². The molecule has 1 aromatic heterocycles. The maximum absolute atomic E-state index is 13.1. The standard InChI is InChI=1S/C14H17F2N3/c1-9(11-4-13(15)6-14(16)5-11)17-7-12-8-18-19(3)10(12)2/h4-6,8-9,17H,7H2,1-3H3/t9-/m1/s1. The second-order valence-corrected chi connectivity index (χ2v) is 4.68. The number of benzene rings is 1. The molecule has 19 heavy (non-hydrogen) atoms. The number of aryl methyl sites for hydroxylation is 1. The lowest BCUT2D eigenvalue weighted by molar-refractivity contribution is 0.544. The first-order chi connectivity index (χ1) is 8.97. The second kappa shape index (κ2) is 5.48. The minimum atomic E-state index is -0.554. The third-order valence-corrected chi connectivity index (χ3v) is 3.32. The summed E-state index contributed by atoms with van der Waals surface area (Å²) in [4.78, 5) is 0. The molecule has 0 saturated carbocycles. The number of aromatic nitrogens is 2. The molecule has 0 saturated heterocycles. The molecule has 5 heteroatoms. The van der Waals surface area contributed by atoms with Crippen LogP contribution in [0.3, 0.4) is 0 Å². The zero-order valence-electron chi connectivity index (χ0n) is 11.2. The molecular formula is C14H17F2N3. The van der Waals surface area contributed by atoms with Gasteiger partial charge in [-0.15, -0.1) is 0 Å². The fraction of sp³-hybridized carbons (Fsp3) is 0.357. The van der Waals surface area contributed by atoms with Crippen molar-refractivity contribution in [1.82, 2.24) is 15.1 Å². The molecule has 2 rings (SSSR count). The van der Waals surface area contributed by atoms with Crippen LogP contribution in [0.5, 0.6) is 0 Å². The predicted molar refractivity (Wildman–Crippen MR) is 69.6 cm³/mol. The Labute approximate surface area is 111 Å². The lowest BCUT2D eigenvalue weighted by atomic mass is 10.1. The van der Waals surface area contributed by atoms with E-state index in [-0.39, 0.29) is 6.04 Å². The average molecular weight is 265 g/mol. The van der Waals surface area contributed by atoms with Gasteiger partial charge < -0.3 is 5.32 Å². The van der Waals surface area contributed by atoms with Crippen LogP contribution in [0.1, 0.15) is 29.8 Å². The first kappa shape index (κ1) is 13.7. The molecule has 2 aromatic rings. The van der Waals surface area contributed by atoms with Crippen molar-refractivity contribution in [3.8, 4) is 0 Å². The summed E-state index contributed by atoms with van der Waals surface area (Å²) in [5, 5.41) is 7.39. The average Bonchev–Trinajstić information content (AvgIpc) is 2.66. The summed E-state index contributed by atoms with van der Waals surface area (Å²) in [6.07, 6.45) is 1.79. The van der Waals surface area contributed by atoms with Gasteiger partial charge in [0.05, 0.1) is 6.20 Å². The molecule has 0 bridgehead atoms. The lowest BCUT2D eigenvalue weighted by Crippen LogP contribution is -2.18. The highest BCUT2D eigenvalue weighted by Gasteiger charge is 2.10. The molecule has 0 aliphatic heterocycles. The van der Waals surface area contributed by atoms with Crippen molar-refractivity contribution < 1.29 is 8.78 Å². The predicted octanol–water partition coefficient (Wildman–Crippen LogP) is 2.86. The quantitative estimate of drug-likeness (QED) is 0.921. The molecule has 1 aromatic carbocycles. The van der Waals surface area contributed by atoms with Crippen molar-refractivity contribution in [1.29, 1.82) is 0 Å². The maximum Gasteiger partial charge on any atom is 0.126 e. The fourth-order valence-electron chi connectivity index (χ4n) is 1.92. The molecule has 0 spiro atoms. The third kappa shape index (κ3) is 3.17. The molecule has 1 heterocycles. The van der Waals surface area contributed by atoms with Gasteiger partial charge in [-0.1, -0.05) is 0 Å². The first-order valence-electron chi connectivity index (χ1n) is 6.14. The van der Waals surface area contributed by atoms with Crippen molar-refractivity contribution in [3.05, 3.63) is 52.9 Å². The Kier molecular flexibility index (Phi) is 3.95. The van der Waals surface area contributed by atoms with Crippen molar-refractivity contribution in [2.24, 2.45) is 7.05 Å². The minimum absolute atomic E-state index is 0.134. The van der Waals surface area contributed by atoms with Crippen molar-refractivity contribution in [2.45, 2.75) is 26.4 Å². The summed E-state index contributed by atoms with van der Waals surface area (Å²) in [6.45, 7) is 4.47. The molecular weight excluding hydrogens is 248 g/mol. The second-order valence-electron chi connectivity index (χ2n) is 4.68. The summed E-state index contributed by atoms with van der Waals surface area (Å²) in [5.41, 5.74) is 2.75. The molecule has 0 fully saturated rings. The molecule has 0 aliphatic rings. The van der Waals surface area contributed by atoms with Gasteiger partial charge in [0.2, 0.25) is 0 Å². The van der Waals surface area contributed by atoms with Crippen LogP contribution >= 0.6 is 0 Å². The summed E-state index contributed by atoms with van der Waals surface area (Å²) >= 11 is 0. The summed E-state index contributed by atoms with van der Waals surface area (Å²) in [5.74, 6) is -1.11. The Bertz CT molecular complexity index is 558. The number of hydrogen-bond acceptors (Lipinski definition) is 2. The largest absolute Gasteiger partial charge is 0.306 e. The van der Waals surface area contributed by atoms with Gasteiger partial charge in [-0.2, -0.15) is 5.10 Å². The van der Waals surface area contributed by atoms with Crippen LogP contribution in [0.2, 0.25) is 0 Å². The van der Waals surface area contributed by atoms with E-state index in [0.29, 0.717) is 12.1 Å². The van der Waals surface area contributed by atoms with E-state index in [0.717, 1.165) is 17.3 Å². The van der Waals surface area contributed by atoms with E-state index in [9.17, 15) is 8.78 Å². The topological polar surface area (TPSA) is 29.9 Å². The SMILES string of the molecule is Cc1c(CN[C@H](C)c2cc(F)cc(F)c2)cnn1C. The Morgan fingerprint density at radius 1 is 1.26 bits per heavy atom. The van der Waals surface area contributed by atoms with Crippen LogP contribution in [0, 0.1) is 18.6 Å². The van der Waals surface area contributed by atoms with Crippen LogP contribution in [-0.4, -0.2) is 9.78 Å². The Morgan fingerprint density at radius 3 is 2.42 bits per heavy atom. The Balaban J connectivity index is 2.05. The smallest absolute Gasteiger partial charge is 0.126 e. The van der Waals surface area contributed by atoms with E-state index in [1.54, 1.807) is 10.9 Å². The van der Waals surface area contributed by atoms with Crippen LogP contribution in [0.15, 0.2) is 24.4 Å². The molecule has 0 aliphatic carbocycles. The van der Waals surface area contributed by atoms with E-state index >= 15 is 0 Å². The number of rotatable bonds is 4. The monoisotopic (exact) mass is 265 g/mol. The molecule has 1 N–H and O–H groups in total. The van der Waals surface area contributed by atoms with Crippen LogP contribution in [-0.2, 0) is 13.6 Å². The van der Waals surface area contributed by atoms with Gasteiger partial charge in [0.25, 0.3) is 0 Å². The highest BCUT2D eigenvalue weighted by Crippen LogP contribution is 2.17. The van der Waals surface area contributed by atoms with E-state index in [1.165, 1.54) is 12.1 Å². The number of halogens is 2. The highest BCUT2D eigenvalue weighted by molar-refractivity contribution is 5.22. The Morgan fingerprint density at radius 2 is 1.89 bits per heavy atom. The van der Waals surface area contributed by atoms with Crippen molar-refractivity contribution in [2.75, 3.05) is 0 Å².